The van der Waals surface area contributed by atoms with Gasteiger partial charge in [0.1, 0.15) is 5.65 Å². The molecule has 2 aliphatic rings. The fourth-order valence-electron chi connectivity index (χ4n) is 6.29. The molecule has 2 aromatic carbocycles. The van der Waals surface area contributed by atoms with E-state index in [0.29, 0.717) is 17.9 Å². The molecule has 1 saturated carbocycles. The first-order valence-corrected chi connectivity index (χ1v) is 13.8. The maximum atomic E-state index is 13.6. The Labute approximate surface area is 218 Å². The van der Waals surface area contributed by atoms with Gasteiger partial charge in [0.25, 0.3) is 5.56 Å². The Morgan fingerprint density at radius 1 is 0.838 bits per heavy atom. The van der Waals surface area contributed by atoms with Gasteiger partial charge in [0.05, 0.1) is 6.04 Å². The molecule has 1 aliphatic heterocycles. The molecular formula is C31H35N5O. The number of pyridine rings is 1. The Bertz CT molecular complexity index is 1380. The van der Waals surface area contributed by atoms with Crippen molar-refractivity contribution < 1.29 is 0 Å². The highest BCUT2D eigenvalue weighted by Gasteiger charge is 2.30. The molecule has 37 heavy (non-hydrogen) atoms. The van der Waals surface area contributed by atoms with Crippen molar-refractivity contribution in [2.24, 2.45) is 5.92 Å². The average Bonchev–Trinajstić information content (AvgIpc) is 2.97. The van der Waals surface area contributed by atoms with E-state index in [2.05, 4.69) is 58.7 Å². The van der Waals surface area contributed by atoms with Gasteiger partial charge in [-0.1, -0.05) is 67.8 Å². The lowest BCUT2D eigenvalue weighted by molar-refractivity contribution is 0.279. The third-order valence-electron chi connectivity index (χ3n) is 8.09. The molecule has 6 rings (SSSR count). The quantitative estimate of drug-likeness (QED) is 0.365. The molecule has 1 aliphatic carbocycles. The van der Waals surface area contributed by atoms with Crippen LogP contribution in [0.2, 0.25) is 0 Å². The van der Waals surface area contributed by atoms with E-state index in [-0.39, 0.29) is 11.6 Å². The van der Waals surface area contributed by atoms with Crippen LogP contribution in [-0.4, -0.2) is 33.7 Å². The summed E-state index contributed by atoms with van der Waals surface area (Å²) in [6.07, 6.45) is 9.90. The van der Waals surface area contributed by atoms with Crippen molar-refractivity contribution in [3.8, 4) is 0 Å². The SMILES string of the molecule is O=c1ccc2cnc(N(c3ccccc3)C3CCNCC3)nc2n1C(c1ccccc1)C1CCCCC1. The molecule has 0 bridgehead atoms. The van der Waals surface area contributed by atoms with Crippen molar-refractivity contribution in [1.82, 2.24) is 19.9 Å². The molecule has 3 heterocycles. The minimum absolute atomic E-state index is 0.00436. The Hall–Kier alpha value is -3.51. The van der Waals surface area contributed by atoms with E-state index in [1.54, 1.807) is 6.07 Å². The second-order valence-corrected chi connectivity index (χ2v) is 10.4. The minimum atomic E-state index is -0.0375. The molecule has 6 nitrogen and oxygen atoms in total. The predicted molar refractivity (Wildman–Crippen MR) is 149 cm³/mol. The standard InChI is InChI=1S/C31H35N5O/c37-28-17-16-25-22-33-31(35(26-14-8-3-9-15-26)27-18-20-32-21-19-27)34-30(25)36(28)29(23-10-4-1-5-11-23)24-12-6-2-7-13-24/h1,3-5,8-11,14-17,22,24,27,29,32H,2,6-7,12-13,18-21H2. The van der Waals surface area contributed by atoms with Crippen LogP contribution in [0.25, 0.3) is 11.0 Å². The summed E-state index contributed by atoms with van der Waals surface area (Å²) in [4.78, 5) is 25.9. The fraction of sp³-hybridized carbons (Fsp3) is 0.387. The number of para-hydroxylation sites is 1. The number of hydrogen-bond donors (Lipinski definition) is 1. The molecular weight excluding hydrogens is 458 g/mol. The summed E-state index contributed by atoms with van der Waals surface area (Å²) in [5.74, 6) is 1.08. The first-order valence-electron chi connectivity index (χ1n) is 13.8. The average molecular weight is 494 g/mol. The van der Waals surface area contributed by atoms with Crippen LogP contribution in [0.3, 0.4) is 0 Å². The van der Waals surface area contributed by atoms with Gasteiger partial charge < -0.3 is 10.2 Å². The summed E-state index contributed by atoms with van der Waals surface area (Å²) < 4.78 is 1.97. The molecule has 1 saturated heterocycles. The Kier molecular flexibility index (Phi) is 7.00. The zero-order valence-corrected chi connectivity index (χ0v) is 21.3. The summed E-state index contributed by atoms with van der Waals surface area (Å²) in [7, 11) is 0. The summed E-state index contributed by atoms with van der Waals surface area (Å²) in [6, 6.07) is 24.8. The number of aromatic nitrogens is 3. The number of nitrogens with one attached hydrogen (secondary N) is 1. The van der Waals surface area contributed by atoms with Crippen molar-refractivity contribution in [3.63, 3.8) is 0 Å². The molecule has 1 unspecified atom stereocenters. The molecule has 0 spiro atoms. The van der Waals surface area contributed by atoms with E-state index in [1.807, 2.05) is 29.0 Å². The molecule has 6 heteroatoms. The highest BCUT2D eigenvalue weighted by molar-refractivity contribution is 5.76. The van der Waals surface area contributed by atoms with Crippen LogP contribution in [0.1, 0.15) is 56.6 Å². The summed E-state index contributed by atoms with van der Waals surface area (Å²) in [6.45, 7) is 1.95. The molecule has 4 aromatic rings. The zero-order chi connectivity index (χ0) is 25.0. The second-order valence-electron chi connectivity index (χ2n) is 10.4. The Morgan fingerprint density at radius 3 is 2.27 bits per heavy atom. The minimum Gasteiger partial charge on any atom is -0.317 e. The number of fused-ring (bicyclic) bond motifs is 1. The monoisotopic (exact) mass is 493 g/mol. The van der Waals surface area contributed by atoms with Crippen LogP contribution in [0.4, 0.5) is 11.6 Å². The number of rotatable bonds is 6. The van der Waals surface area contributed by atoms with Crippen molar-refractivity contribution in [3.05, 3.63) is 94.9 Å². The topological polar surface area (TPSA) is 63.1 Å². The van der Waals surface area contributed by atoms with E-state index < -0.39 is 0 Å². The number of hydrogen-bond acceptors (Lipinski definition) is 5. The lowest BCUT2D eigenvalue weighted by atomic mass is 9.81. The molecule has 1 atom stereocenters. The highest BCUT2D eigenvalue weighted by atomic mass is 16.1. The maximum absolute atomic E-state index is 13.6. The first kappa shape index (κ1) is 23.9. The molecule has 0 amide bonds. The predicted octanol–water partition coefficient (Wildman–Crippen LogP) is 5.85. The van der Waals surface area contributed by atoms with Crippen molar-refractivity contribution >= 4 is 22.7 Å². The van der Waals surface area contributed by atoms with Gasteiger partial charge in [0, 0.05) is 29.4 Å². The molecule has 2 aromatic heterocycles. The van der Waals surface area contributed by atoms with Crippen LogP contribution < -0.4 is 15.8 Å². The van der Waals surface area contributed by atoms with Crippen LogP contribution in [0.5, 0.6) is 0 Å². The third-order valence-corrected chi connectivity index (χ3v) is 8.09. The van der Waals surface area contributed by atoms with Crippen molar-refractivity contribution in [2.45, 2.75) is 57.0 Å². The van der Waals surface area contributed by atoms with Gasteiger partial charge >= 0.3 is 0 Å². The third kappa shape index (κ3) is 4.90. The van der Waals surface area contributed by atoms with Gasteiger partial charge in [-0.15, -0.1) is 0 Å². The van der Waals surface area contributed by atoms with Gasteiger partial charge in [-0.05, 0) is 68.5 Å². The number of piperidine rings is 1. The molecule has 0 radical (unpaired) electrons. The van der Waals surface area contributed by atoms with Crippen LogP contribution in [-0.2, 0) is 0 Å². The number of benzene rings is 2. The number of anilines is 2. The largest absolute Gasteiger partial charge is 0.317 e. The van der Waals surface area contributed by atoms with Crippen LogP contribution in [0, 0.1) is 5.92 Å². The highest BCUT2D eigenvalue weighted by Crippen LogP contribution is 2.38. The van der Waals surface area contributed by atoms with Gasteiger partial charge in [0.15, 0.2) is 0 Å². The molecule has 1 N–H and O–H groups in total. The lowest BCUT2D eigenvalue weighted by Crippen LogP contribution is -2.41. The summed E-state index contributed by atoms with van der Waals surface area (Å²) in [5, 5.41) is 4.38. The first-order chi connectivity index (χ1) is 18.3. The van der Waals surface area contributed by atoms with E-state index in [4.69, 9.17) is 9.97 Å². The van der Waals surface area contributed by atoms with E-state index in [1.165, 1.54) is 24.8 Å². The van der Waals surface area contributed by atoms with E-state index >= 15 is 0 Å². The van der Waals surface area contributed by atoms with Crippen molar-refractivity contribution in [1.29, 1.82) is 0 Å². The fourth-order valence-corrected chi connectivity index (χ4v) is 6.29. The normalized spacial score (nSPS) is 18.1. The maximum Gasteiger partial charge on any atom is 0.252 e. The second kappa shape index (κ2) is 10.9. The number of nitrogens with zero attached hydrogens (tertiary/aromatic N) is 4. The van der Waals surface area contributed by atoms with Crippen molar-refractivity contribution in [2.75, 3.05) is 18.0 Å². The lowest BCUT2D eigenvalue weighted by Gasteiger charge is -2.35. The summed E-state index contributed by atoms with van der Waals surface area (Å²) in [5.41, 5.74) is 3.00. The Morgan fingerprint density at radius 2 is 1.54 bits per heavy atom. The zero-order valence-electron chi connectivity index (χ0n) is 21.3. The van der Waals surface area contributed by atoms with Gasteiger partial charge in [0.2, 0.25) is 5.95 Å². The van der Waals surface area contributed by atoms with E-state index in [9.17, 15) is 4.79 Å². The van der Waals surface area contributed by atoms with Gasteiger partial charge in [-0.25, -0.2) is 4.98 Å². The van der Waals surface area contributed by atoms with Gasteiger partial charge in [-0.2, -0.15) is 4.98 Å². The molecule has 2 fully saturated rings. The van der Waals surface area contributed by atoms with Crippen LogP contribution in [0.15, 0.2) is 83.8 Å². The van der Waals surface area contributed by atoms with E-state index in [0.717, 1.165) is 55.5 Å². The summed E-state index contributed by atoms with van der Waals surface area (Å²) >= 11 is 0. The van der Waals surface area contributed by atoms with Crippen LogP contribution >= 0.6 is 0 Å². The Balaban J connectivity index is 1.53. The smallest absolute Gasteiger partial charge is 0.252 e. The molecule has 190 valence electrons. The van der Waals surface area contributed by atoms with Gasteiger partial charge in [-0.3, -0.25) is 9.36 Å².